The van der Waals surface area contributed by atoms with Gasteiger partial charge in [0.15, 0.2) is 0 Å². The number of hydrogen-bond acceptors (Lipinski definition) is 3. The van der Waals surface area contributed by atoms with Gasteiger partial charge in [0.25, 0.3) is 5.56 Å². The summed E-state index contributed by atoms with van der Waals surface area (Å²) >= 11 is 5.85. The Morgan fingerprint density at radius 3 is 2.76 bits per heavy atom. The lowest BCUT2D eigenvalue weighted by molar-refractivity contribution is 0.987. The van der Waals surface area contributed by atoms with Crippen LogP contribution in [0.1, 0.15) is 5.56 Å². The van der Waals surface area contributed by atoms with Crippen LogP contribution in [0.15, 0.2) is 59.5 Å². The van der Waals surface area contributed by atoms with Gasteiger partial charge < -0.3 is 5.32 Å². The molecule has 0 amide bonds. The van der Waals surface area contributed by atoms with E-state index in [-0.39, 0.29) is 5.56 Å². The Hall–Kier alpha value is -2.33. The van der Waals surface area contributed by atoms with E-state index in [4.69, 9.17) is 11.6 Å². The molecule has 1 aromatic carbocycles. The molecule has 4 nitrogen and oxygen atoms in total. The molecule has 0 unspecified atom stereocenters. The SMILES string of the molecule is O=c1cc(NCCc2ccc(Cl)cc2)nc2ccccn12. The summed E-state index contributed by atoms with van der Waals surface area (Å²) < 4.78 is 1.52. The average molecular weight is 300 g/mol. The van der Waals surface area contributed by atoms with Crippen molar-refractivity contribution >= 4 is 23.1 Å². The number of fused-ring (bicyclic) bond motifs is 1. The first-order valence-corrected chi connectivity index (χ1v) is 7.07. The van der Waals surface area contributed by atoms with E-state index in [9.17, 15) is 4.79 Å². The number of rotatable bonds is 4. The van der Waals surface area contributed by atoms with E-state index in [1.807, 2.05) is 42.5 Å². The summed E-state index contributed by atoms with van der Waals surface area (Å²) in [5.74, 6) is 0.597. The van der Waals surface area contributed by atoms with E-state index in [0.717, 1.165) is 11.4 Å². The van der Waals surface area contributed by atoms with Crippen molar-refractivity contribution in [3.63, 3.8) is 0 Å². The topological polar surface area (TPSA) is 46.4 Å². The molecule has 0 aliphatic heterocycles. The summed E-state index contributed by atoms with van der Waals surface area (Å²) in [5, 5.41) is 3.92. The average Bonchev–Trinajstić information content (AvgIpc) is 2.49. The molecule has 0 spiro atoms. The maximum Gasteiger partial charge on any atom is 0.259 e. The summed E-state index contributed by atoms with van der Waals surface area (Å²) in [5.41, 5.74) is 1.73. The van der Waals surface area contributed by atoms with Gasteiger partial charge in [0.05, 0.1) is 0 Å². The molecule has 0 aliphatic rings. The lowest BCUT2D eigenvalue weighted by atomic mass is 10.1. The molecule has 2 aromatic heterocycles. The molecule has 0 saturated heterocycles. The Morgan fingerprint density at radius 1 is 1.14 bits per heavy atom. The van der Waals surface area contributed by atoms with E-state index >= 15 is 0 Å². The Morgan fingerprint density at radius 2 is 1.95 bits per heavy atom. The molecule has 0 bridgehead atoms. The van der Waals surface area contributed by atoms with Crippen molar-refractivity contribution in [3.8, 4) is 0 Å². The summed E-state index contributed by atoms with van der Waals surface area (Å²) in [4.78, 5) is 16.4. The van der Waals surface area contributed by atoms with Gasteiger partial charge in [-0.25, -0.2) is 4.98 Å². The molecular formula is C16H14ClN3O. The van der Waals surface area contributed by atoms with Crippen LogP contribution in [0.4, 0.5) is 5.82 Å². The van der Waals surface area contributed by atoms with Crippen LogP contribution in [-0.4, -0.2) is 15.9 Å². The first-order valence-electron chi connectivity index (χ1n) is 6.69. The minimum Gasteiger partial charge on any atom is -0.370 e. The fourth-order valence-corrected chi connectivity index (χ4v) is 2.26. The second-order valence-electron chi connectivity index (χ2n) is 4.71. The molecule has 0 aliphatic carbocycles. The Balaban J connectivity index is 1.70. The smallest absolute Gasteiger partial charge is 0.259 e. The molecule has 106 valence electrons. The van der Waals surface area contributed by atoms with Crippen molar-refractivity contribution < 1.29 is 0 Å². The number of anilines is 1. The Kier molecular flexibility index (Phi) is 3.88. The lowest BCUT2D eigenvalue weighted by Gasteiger charge is -2.07. The normalized spacial score (nSPS) is 10.7. The molecule has 0 saturated carbocycles. The first-order chi connectivity index (χ1) is 10.2. The largest absolute Gasteiger partial charge is 0.370 e. The van der Waals surface area contributed by atoms with Crippen LogP contribution in [0.5, 0.6) is 0 Å². The van der Waals surface area contributed by atoms with Crippen LogP contribution in [0.3, 0.4) is 0 Å². The van der Waals surface area contributed by atoms with Gasteiger partial charge in [-0.05, 0) is 36.2 Å². The fraction of sp³-hybridized carbons (Fsp3) is 0.125. The minimum absolute atomic E-state index is 0.0883. The minimum atomic E-state index is -0.0883. The van der Waals surface area contributed by atoms with E-state index in [1.165, 1.54) is 16.0 Å². The van der Waals surface area contributed by atoms with Crippen LogP contribution in [0.2, 0.25) is 5.02 Å². The van der Waals surface area contributed by atoms with Gasteiger partial charge in [-0.2, -0.15) is 0 Å². The molecule has 1 N–H and O–H groups in total. The van der Waals surface area contributed by atoms with Gasteiger partial charge in [0.2, 0.25) is 0 Å². The van der Waals surface area contributed by atoms with Crippen molar-refractivity contribution in [2.45, 2.75) is 6.42 Å². The zero-order chi connectivity index (χ0) is 14.7. The van der Waals surface area contributed by atoms with E-state index < -0.39 is 0 Å². The van der Waals surface area contributed by atoms with E-state index in [2.05, 4.69) is 10.3 Å². The highest BCUT2D eigenvalue weighted by atomic mass is 35.5. The van der Waals surface area contributed by atoms with Gasteiger partial charge in [-0.15, -0.1) is 0 Å². The van der Waals surface area contributed by atoms with Crippen LogP contribution in [-0.2, 0) is 6.42 Å². The summed E-state index contributed by atoms with van der Waals surface area (Å²) in [6.07, 6.45) is 2.55. The number of halogens is 1. The molecular weight excluding hydrogens is 286 g/mol. The quantitative estimate of drug-likeness (QED) is 0.805. The lowest BCUT2D eigenvalue weighted by Crippen LogP contribution is -2.16. The second kappa shape index (κ2) is 5.97. The van der Waals surface area contributed by atoms with Crippen LogP contribution >= 0.6 is 11.6 Å². The Labute approximate surface area is 127 Å². The number of hydrogen-bond donors (Lipinski definition) is 1. The van der Waals surface area contributed by atoms with Crippen molar-refractivity contribution in [2.75, 3.05) is 11.9 Å². The standard InChI is InChI=1S/C16H14ClN3O/c17-13-6-4-12(5-7-13)8-9-18-14-11-16(21)20-10-2-1-3-15(20)19-14/h1-7,10-11,18H,8-9H2. The molecule has 0 radical (unpaired) electrons. The van der Waals surface area contributed by atoms with Crippen LogP contribution < -0.4 is 10.9 Å². The van der Waals surface area contributed by atoms with Gasteiger partial charge in [-0.1, -0.05) is 29.8 Å². The third-order valence-electron chi connectivity index (χ3n) is 3.20. The summed E-state index contributed by atoms with van der Waals surface area (Å²) in [6, 6.07) is 14.7. The van der Waals surface area contributed by atoms with Crippen LogP contribution in [0, 0.1) is 0 Å². The van der Waals surface area contributed by atoms with Crippen LogP contribution in [0.25, 0.3) is 5.65 Å². The molecule has 3 rings (SSSR count). The van der Waals surface area contributed by atoms with Crippen molar-refractivity contribution in [1.29, 1.82) is 0 Å². The second-order valence-corrected chi connectivity index (χ2v) is 5.15. The number of nitrogens with zero attached hydrogens (tertiary/aromatic N) is 2. The van der Waals surface area contributed by atoms with Crippen molar-refractivity contribution in [1.82, 2.24) is 9.38 Å². The highest BCUT2D eigenvalue weighted by Gasteiger charge is 2.01. The van der Waals surface area contributed by atoms with E-state index in [0.29, 0.717) is 18.0 Å². The monoisotopic (exact) mass is 299 g/mol. The summed E-state index contributed by atoms with van der Waals surface area (Å²) in [6.45, 7) is 0.705. The molecule has 5 heteroatoms. The van der Waals surface area contributed by atoms with E-state index in [1.54, 1.807) is 6.20 Å². The van der Waals surface area contributed by atoms with Gasteiger partial charge in [0.1, 0.15) is 11.5 Å². The molecule has 3 aromatic rings. The highest BCUT2D eigenvalue weighted by molar-refractivity contribution is 6.30. The fourth-order valence-electron chi connectivity index (χ4n) is 2.13. The molecule has 0 fully saturated rings. The zero-order valence-electron chi connectivity index (χ0n) is 11.3. The first kappa shape index (κ1) is 13.6. The van der Waals surface area contributed by atoms with Crippen molar-refractivity contribution in [2.24, 2.45) is 0 Å². The zero-order valence-corrected chi connectivity index (χ0v) is 12.0. The van der Waals surface area contributed by atoms with Crippen molar-refractivity contribution in [3.05, 3.63) is 75.7 Å². The van der Waals surface area contributed by atoms with Gasteiger partial charge in [-0.3, -0.25) is 9.20 Å². The Bertz CT molecular complexity index is 812. The molecule has 0 atom stereocenters. The van der Waals surface area contributed by atoms with Gasteiger partial charge in [0, 0.05) is 23.8 Å². The maximum atomic E-state index is 11.9. The molecule has 2 heterocycles. The number of nitrogens with one attached hydrogen (secondary N) is 1. The number of aromatic nitrogens is 2. The number of pyridine rings is 1. The molecule has 21 heavy (non-hydrogen) atoms. The number of benzene rings is 1. The predicted molar refractivity (Wildman–Crippen MR) is 85.1 cm³/mol. The predicted octanol–water partition coefficient (Wildman–Crippen LogP) is 3.00. The highest BCUT2D eigenvalue weighted by Crippen LogP contribution is 2.10. The maximum absolute atomic E-state index is 11.9. The third-order valence-corrected chi connectivity index (χ3v) is 3.46. The van der Waals surface area contributed by atoms with Gasteiger partial charge >= 0.3 is 0 Å². The summed E-state index contributed by atoms with van der Waals surface area (Å²) in [7, 11) is 0. The third kappa shape index (κ3) is 3.23.